The Morgan fingerprint density at radius 1 is 0.922 bits per heavy atom. The van der Waals surface area contributed by atoms with Crippen LogP contribution in [0.4, 0.5) is 0 Å². The van der Waals surface area contributed by atoms with Crippen molar-refractivity contribution in [2.75, 3.05) is 6.61 Å². The number of nitrogens with zero attached hydrogens (tertiary/aromatic N) is 3. The van der Waals surface area contributed by atoms with Crippen LogP contribution >= 0.6 is 22.9 Å². The van der Waals surface area contributed by atoms with Crippen molar-refractivity contribution in [3.8, 4) is 34.0 Å². The van der Waals surface area contributed by atoms with Crippen LogP contribution in [0.1, 0.15) is 44.9 Å². The molecule has 0 saturated heterocycles. The Bertz CT molecular complexity index is 2440. The predicted molar refractivity (Wildman–Crippen MR) is 204 cm³/mol. The number of rotatable bonds is 9. The first kappa shape index (κ1) is 34.0. The van der Waals surface area contributed by atoms with Gasteiger partial charge in [0, 0.05) is 21.8 Å². The monoisotopic (exact) mass is 713 g/mol. The van der Waals surface area contributed by atoms with Gasteiger partial charge in [0.1, 0.15) is 11.8 Å². The van der Waals surface area contributed by atoms with Crippen LogP contribution in [0.3, 0.4) is 0 Å². The van der Waals surface area contributed by atoms with Crippen molar-refractivity contribution in [3.05, 3.63) is 162 Å². The Balaban J connectivity index is 1.51. The van der Waals surface area contributed by atoms with Gasteiger partial charge < -0.3 is 14.0 Å². The summed E-state index contributed by atoms with van der Waals surface area (Å²) < 4.78 is 16.0. The summed E-state index contributed by atoms with van der Waals surface area (Å²) in [6, 6.07) is 36.9. The summed E-state index contributed by atoms with van der Waals surface area (Å²) in [5.41, 5.74) is 6.85. The van der Waals surface area contributed by atoms with E-state index in [9.17, 15) is 9.59 Å². The second-order valence-corrected chi connectivity index (χ2v) is 13.8. The lowest BCUT2D eigenvalue weighted by Gasteiger charge is -2.26. The third kappa shape index (κ3) is 6.60. The molecule has 9 heteroatoms. The zero-order chi connectivity index (χ0) is 35.6. The summed E-state index contributed by atoms with van der Waals surface area (Å²) in [6.07, 6.45) is 1.81. The van der Waals surface area contributed by atoms with Gasteiger partial charge in [-0.15, -0.1) is 0 Å². The normalized spacial score (nSPS) is 14.4. The molecule has 1 aliphatic rings. The van der Waals surface area contributed by atoms with E-state index in [1.807, 2.05) is 105 Å². The molecule has 256 valence electrons. The average Bonchev–Trinajstić information content (AvgIpc) is 3.65. The van der Waals surface area contributed by atoms with Gasteiger partial charge in [-0.1, -0.05) is 102 Å². The van der Waals surface area contributed by atoms with Gasteiger partial charge in [0.25, 0.3) is 5.56 Å². The van der Waals surface area contributed by atoms with E-state index in [2.05, 4.69) is 34.9 Å². The number of carbonyl (C=O) groups excluding carboxylic acids is 1. The average molecular weight is 714 g/mol. The first-order valence-electron chi connectivity index (χ1n) is 16.8. The second kappa shape index (κ2) is 14.4. The molecule has 0 aliphatic carbocycles. The van der Waals surface area contributed by atoms with Crippen molar-refractivity contribution < 1.29 is 14.3 Å². The van der Waals surface area contributed by atoms with E-state index in [0.717, 1.165) is 33.8 Å². The number of benzene rings is 4. The number of hydrogen-bond acceptors (Lipinski definition) is 6. The topological polar surface area (TPSA) is 74.8 Å². The van der Waals surface area contributed by atoms with Gasteiger partial charge in [-0.3, -0.25) is 9.36 Å². The molecule has 1 aliphatic heterocycles. The molecule has 0 saturated carbocycles. The lowest BCUT2D eigenvalue weighted by Crippen LogP contribution is -2.40. The molecule has 0 amide bonds. The molecule has 3 heterocycles. The smallest absolute Gasteiger partial charge is 0.338 e. The molecule has 2 aromatic heterocycles. The lowest BCUT2D eigenvalue weighted by atomic mass is 9.95. The molecule has 0 N–H and O–H groups in total. The number of thiazole rings is 1. The van der Waals surface area contributed by atoms with Gasteiger partial charge in [0.2, 0.25) is 0 Å². The number of hydrogen-bond donors (Lipinski definition) is 0. The SMILES string of the molecule is CCOC(=O)C1=C(C)N=c2s/c(=C\c3cc(-c4ccccc4)n(-c4ccc(Cl)cc4)c3-c3ccccc3)c(=O)n2[C@H]1c1ccccc1OC(C)C. The molecule has 0 spiro atoms. The van der Waals surface area contributed by atoms with Crippen LogP contribution in [-0.2, 0) is 9.53 Å². The number of esters is 1. The molecule has 6 aromatic rings. The van der Waals surface area contributed by atoms with Crippen molar-refractivity contribution >= 4 is 35.0 Å². The van der Waals surface area contributed by atoms with Crippen LogP contribution in [0.15, 0.2) is 136 Å². The van der Waals surface area contributed by atoms with Gasteiger partial charge in [0.15, 0.2) is 4.80 Å². The molecular formula is C42H36ClN3O4S. The Morgan fingerprint density at radius 3 is 2.24 bits per heavy atom. The van der Waals surface area contributed by atoms with Crippen molar-refractivity contribution in [2.45, 2.75) is 39.8 Å². The van der Waals surface area contributed by atoms with E-state index >= 15 is 0 Å². The van der Waals surface area contributed by atoms with E-state index in [1.54, 1.807) is 18.4 Å². The number of carbonyl (C=O) groups is 1. The highest BCUT2D eigenvalue weighted by Gasteiger charge is 2.35. The van der Waals surface area contributed by atoms with Crippen LogP contribution in [-0.4, -0.2) is 27.8 Å². The largest absolute Gasteiger partial charge is 0.491 e. The van der Waals surface area contributed by atoms with E-state index in [4.69, 9.17) is 26.1 Å². The number of ether oxygens (including phenoxy) is 2. The second-order valence-electron chi connectivity index (χ2n) is 12.4. The van der Waals surface area contributed by atoms with Crippen LogP contribution in [0.5, 0.6) is 5.75 Å². The standard InChI is InChI=1S/C42H36ClN3O4S/c1-5-49-41(48)37-27(4)44-42-46(39(37)33-18-12-13-19-35(33)50-26(2)3)40(47)36(51-42)25-30-24-34(28-14-8-6-9-15-28)45(32-22-20-31(43)21-23-32)38(30)29-16-10-7-11-17-29/h6-26,39H,5H2,1-4H3/b36-25-/t39-/m0/s1. The maximum atomic E-state index is 14.7. The quantitative estimate of drug-likeness (QED) is 0.141. The molecule has 51 heavy (non-hydrogen) atoms. The minimum absolute atomic E-state index is 0.127. The van der Waals surface area contributed by atoms with Crippen LogP contribution in [0.2, 0.25) is 5.02 Å². The summed E-state index contributed by atoms with van der Waals surface area (Å²) >= 11 is 7.63. The number of halogens is 1. The molecule has 1 atom stereocenters. The number of allylic oxidation sites excluding steroid dienone is 1. The van der Waals surface area contributed by atoms with Crippen LogP contribution in [0, 0.1) is 0 Å². The fraction of sp³-hybridized carbons (Fsp3) is 0.167. The van der Waals surface area contributed by atoms with E-state index < -0.39 is 12.0 Å². The van der Waals surface area contributed by atoms with Gasteiger partial charge in [-0.25, -0.2) is 9.79 Å². The Hall–Kier alpha value is -5.44. The zero-order valence-corrected chi connectivity index (χ0v) is 30.2. The Morgan fingerprint density at radius 2 is 1.57 bits per heavy atom. The third-order valence-electron chi connectivity index (χ3n) is 8.61. The van der Waals surface area contributed by atoms with E-state index in [-0.39, 0.29) is 18.3 Å². The highest BCUT2D eigenvalue weighted by molar-refractivity contribution is 7.07. The third-order valence-corrected chi connectivity index (χ3v) is 9.85. The van der Waals surface area contributed by atoms with Gasteiger partial charge in [-0.05, 0) is 81.3 Å². The zero-order valence-electron chi connectivity index (χ0n) is 28.7. The molecule has 7 rings (SSSR count). The number of fused-ring (bicyclic) bond motifs is 1. The minimum Gasteiger partial charge on any atom is -0.491 e. The van der Waals surface area contributed by atoms with Crippen molar-refractivity contribution in [1.82, 2.24) is 9.13 Å². The summed E-state index contributed by atoms with van der Waals surface area (Å²) in [5, 5.41) is 0.641. The van der Waals surface area contributed by atoms with Crippen molar-refractivity contribution in [2.24, 2.45) is 4.99 Å². The summed E-state index contributed by atoms with van der Waals surface area (Å²) in [6.45, 7) is 7.62. The Labute approximate surface area is 305 Å². The predicted octanol–water partition coefficient (Wildman–Crippen LogP) is 8.36. The summed E-state index contributed by atoms with van der Waals surface area (Å²) in [4.78, 5) is 33.6. The first-order valence-corrected chi connectivity index (χ1v) is 18.0. The molecule has 4 aromatic carbocycles. The molecule has 0 fully saturated rings. The van der Waals surface area contributed by atoms with Gasteiger partial charge in [-0.2, -0.15) is 0 Å². The Kier molecular flexibility index (Phi) is 9.62. The van der Waals surface area contributed by atoms with Gasteiger partial charge >= 0.3 is 5.97 Å². The van der Waals surface area contributed by atoms with Crippen molar-refractivity contribution in [1.29, 1.82) is 0 Å². The van der Waals surface area contributed by atoms with E-state index in [0.29, 0.717) is 36.9 Å². The number of para-hydroxylation sites is 1. The fourth-order valence-electron chi connectivity index (χ4n) is 6.51. The molecule has 0 radical (unpaired) electrons. The highest BCUT2D eigenvalue weighted by Crippen LogP contribution is 2.38. The van der Waals surface area contributed by atoms with E-state index in [1.165, 1.54) is 11.3 Å². The maximum absolute atomic E-state index is 14.7. The molecule has 0 unspecified atom stereocenters. The molecule has 7 nitrogen and oxygen atoms in total. The van der Waals surface area contributed by atoms with Crippen LogP contribution < -0.4 is 19.6 Å². The molecule has 0 bridgehead atoms. The first-order chi connectivity index (χ1) is 24.7. The van der Waals surface area contributed by atoms with Crippen molar-refractivity contribution in [3.63, 3.8) is 0 Å². The lowest BCUT2D eigenvalue weighted by molar-refractivity contribution is -0.139. The van der Waals surface area contributed by atoms with Crippen LogP contribution in [0.25, 0.3) is 34.3 Å². The minimum atomic E-state index is -0.801. The summed E-state index contributed by atoms with van der Waals surface area (Å²) in [7, 11) is 0. The maximum Gasteiger partial charge on any atom is 0.338 e. The van der Waals surface area contributed by atoms with Gasteiger partial charge in [0.05, 0.1) is 39.9 Å². The fourth-order valence-corrected chi connectivity index (χ4v) is 7.67. The molecular weight excluding hydrogens is 678 g/mol. The number of aromatic nitrogens is 2. The highest BCUT2D eigenvalue weighted by atomic mass is 35.5. The summed E-state index contributed by atoms with van der Waals surface area (Å²) in [5.74, 6) is 0.0683.